The first-order valence-corrected chi connectivity index (χ1v) is 5.05. The van der Waals surface area contributed by atoms with E-state index in [9.17, 15) is 0 Å². The van der Waals surface area contributed by atoms with Gasteiger partial charge >= 0.3 is 0 Å². The summed E-state index contributed by atoms with van der Waals surface area (Å²) >= 11 is 0. The lowest BCUT2D eigenvalue weighted by Crippen LogP contribution is -2.16. The smallest absolute Gasteiger partial charge is 0.0597 e. The van der Waals surface area contributed by atoms with Gasteiger partial charge in [0, 0.05) is 13.6 Å². The van der Waals surface area contributed by atoms with Gasteiger partial charge in [0.25, 0.3) is 0 Å². The number of aromatic nitrogens is 2. The van der Waals surface area contributed by atoms with Crippen LogP contribution in [0.5, 0.6) is 0 Å². The van der Waals surface area contributed by atoms with E-state index in [1.54, 1.807) is 0 Å². The van der Waals surface area contributed by atoms with Crippen LogP contribution in [-0.2, 0) is 13.6 Å². The minimum absolute atomic E-state index is 0.898. The second kappa shape index (κ2) is 5.60. The van der Waals surface area contributed by atoms with Crippen LogP contribution in [0.4, 0.5) is 0 Å². The van der Waals surface area contributed by atoms with Crippen molar-refractivity contribution >= 4 is 0 Å². The molecule has 1 aromatic heterocycles. The number of hydrogen-bond acceptors (Lipinski definition) is 2. The van der Waals surface area contributed by atoms with Crippen LogP contribution in [0.2, 0.25) is 0 Å². The van der Waals surface area contributed by atoms with E-state index in [0.717, 1.165) is 25.2 Å². The molecule has 1 rings (SSSR count). The number of allylic oxidation sites excluding steroid dienone is 1. The van der Waals surface area contributed by atoms with Crippen LogP contribution in [0.15, 0.2) is 18.2 Å². The summed E-state index contributed by atoms with van der Waals surface area (Å²) in [6, 6.07) is 2.11. The van der Waals surface area contributed by atoms with Crippen molar-refractivity contribution in [1.82, 2.24) is 15.1 Å². The summed E-state index contributed by atoms with van der Waals surface area (Å²) < 4.78 is 1.93. The second-order valence-electron chi connectivity index (χ2n) is 3.44. The average molecular weight is 193 g/mol. The molecule has 0 aliphatic carbocycles. The highest BCUT2D eigenvalue weighted by atomic mass is 15.3. The van der Waals surface area contributed by atoms with E-state index >= 15 is 0 Å². The van der Waals surface area contributed by atoms with Gasteiger partial charge in [0.2, 0.25) is 0 Å². The molecule has 1 aromatic rings. The molecule has 0 aliphatic rings. The third-order valence-corrected chi connectivity index (χ3v) is 2.13. The van der Waals surface area contributed by atoms with Crippen LogP contribution >= 0.6 is 0 Å². The van der Waals surface area contributed by atoms with Crippen molar-refractivity contribution < 1.29 is 0 Å². The van der Waals surface area contributed by atoms with E-state index in [-0.39, 0.29) is 0 Å². The molecule has 0 radical (unpaired) electrons. The molecule has 0 saturated heterocycles. The van der Waals surface area contributed by atoms with Crippen molar-refractivity contribution in [2.45, 2.75) is 26.8 Å². The maximum atomic E-state index is 4.29. The van der Waals surface area contributed by atoms with E-state index < -0.39 is 0 Å². The Morgan fingerprint density at radius 1 is 1.57 bits per heavy atom. The summed E-state index contributed by atoms with van der Waals surface area (Å²) in [5, 5.41) is 7.67. The molecule has 0 saturated carbocycles. The number of nitrogens with one attached hydrogen (secondary N) is 1. The van der Waals surface area contributed by atoms with Crippen molar-refractivity contribution in [3.8, 4) is 0 Å². The molecule has 0 spiro atoms. The lowest BCUT2D eigenvalue weighted by Gasteiger charge is -2.02. The summed E-state index contributed by atoms with van der Waals surface area (Å²) in [4.78, 5) is 0. The fourth-order valence-corrected chi connectivity index (χ4v) is 1.40. The number of nitrogens with zero attached hydrogens (tertiary/aromatic N) is 2. The van der Waals surface area contributed by atoms with Crippen LogP contribution < -0.4 is 5.32 Å². The van der Waals surface area contributed by atoms with Gasteiger partial charge in [-0.1, -0.05) is 12.2 Å². The van der Waals surface area contributed by atoms with Crippen LogP contribution in [0, 0.1) is 6.92 Å². The third-order valence-electron chi connectivity index (χ3n) is 2.13. The summed E-state index contributed by atoms with van der Waals surface area (Å²) in [5.41, 5.74) is 2.32. The maximum absolute atomic E-state index is 4.29. The lowest BCUT2D eigenvalue weighted by atomic mass is 10.3. The number of rotatable bonds is 5. The van der Waals surface area contributed by atoms with Crippen molar-refractivity contribution in [2.75, 3.05) is 6.54 Å². The molecule has 78 valence electrons. The molecule has 3 heteroatoms. The van der Waals surface area contributed by atoms with Gasteiger partial charge in [-0.15, -0.1) is 0 Å². The number of hydrogen-bond donors (Lipinski definition) is 1. The SMILES string of the molecule is C/C=C/CCNCc1cc(C)nn1C. The first-order chi connectivity index (χ1) is 6.74. The van der Waals surface area contributed by atoms with Gasteiger partial charge in [-0.3, -0.25) is 4.68 Å². The highest BCUT2D eigenvalue weighted by Gasteiger charge is 1.99. The van der Waals surface area contributed by atoms with Crippen LogP contribution in [0.25, 0.3) is 0 Å². The van der Waals surface area contributed by atoms with E-state index in [2.05, 4.69) is 28.6 Å². The lowest BCUT2D eigenvalue weighted by molar-refractivity contribution is 0.628. The molecular formula is C11H19N3. The van der Waals surface area contributed by atoms with Gasteiger partial charge in [-0.05, 0) is 32.9 Å². The maximum Gasteiger partial charge on any atom is 0.0597 e. The van der Waals surface area contributed by atoms with Crippen molar-refractivity contribution in [2.24, 2.45) is 7.05 Å². The van der Waals surface area contributed by atoms with Gasteiger partial charge in [-0.2, -0.15) is 5.10 Å². The quantitative estimate of drug-likeness (QED) is 0.570. The highest BCUT2D eigenvalue weighted by Crippen LogP contribution is 2.00. The minimum Gasteiger partial charge on any atom is -0.311 e. The predicted octanol–water partition coefficient (Wildman–Crippen LogP) is 1.78. The molecular weight excluding hydrogens is 174 g/mol. The summed E-state index contributed by atoms with van der Waals surface area (Å²) in [5.74, 6) is 0. The van der Waals surface area contributed by atoms with E-state index in [0.29, 0.717) is 0 Å². The first kappa shape index (κ1) is 11.0. The van der Waals surface area contributed by atoms with Crippen molar-refractivity contribution in [3.63, 3.8) is 0 Å². The summed E-state index contributed by atoms with van der Waals surface area (Å²) in [6.07, 6.45) is 5.34. The molecule has 0 fully saturated rings. The topological polar surface area (TPSA) is 29.9 Å². The van der Waals surface area contributed by atoms with E-state index in [4.69, 9.17) is 0 Å². The fourth-order valence-electron chi connectivity index (χ4n) is 1.40. The second-order valence-corrected chi connectivity index (χ2v) is 3.44. The summed E-state index contributed by atoms with van der Waals surface area (Å²) in [6.45, 7) is 5.98. The standard InChI is InChI=1S/C11H19N3/c1-4-5-6-7-12-9-11-8-10(2)13-14(11)3/h4-5,8,12H,6-7,9H2,1-3H3/b5-4+. The Morgan fingerprint density at radius 2 is 2.36 bits per heavy atom. The monoisotopic (exact) mass is 193 g/mol. The largest absolute Gasteiger partial charge is 0.311 e. The number of aryl methyl sites for hydroxylation is 2. The Labute approximate surface area is 85.8 Å². The van der Waals surface area contributed by atoms with Crippen molar-refractivity contribution in [1.29, 1.82) is 0 Å². The minimum atomic E-state index is 0.898. The Kier molecular flexibility index (Phi) is 4.40. The molecule has 1 N–H and O–H groups in total. The Bertz CT molecular complexity index is 299. The predicted molar refractivity (Wildman–Crippen MR) is 59.1 cm³/mol. The fraction of sp³-hybridized carbons (Fsp3) is 0.545. The zero-order valence-corrected chi connectivity index (χ0v) is 9.25. The van der Waals surface area contributed by atoms with E-state index in [1.165, 1.54) is 5.69 Å². The average Bonchev–Trinajstić information content (AvgIpc) is 2.45. The van der Waals surface area contributed by atoms with Crippen LogP contribution in [0.1, 0.15) is 24.7 Å². The third kappa shape index (κ3) is 3.34. The van der Waals surface area contributed by atoms with Gasteiger partial charge in [0.15, 0.2) is 0 Å². The zero-order valence-electron chi connectivity index (χ0n) is 9.25. The highest BCUT2D eigenvalue weighted by molar-refractivity contribution is 5.08. The molecule has 0 unspecified atom stereocenters. The molecule has 3 nitrogen and oxygen atoms in total. The Balaban J connectivity index is 2.27. The van der Waals surface area contributed by atoms with Crippen LogP contribution in [0.3, 0.4) is 0 Å². The van der Waals surface area contributed by atoms with Crippen LogP contribution in [-0.4, -0.2) is 16.3 Å². The van der Waals surface area contributed by atoms with Gasteiger partial charge in [-0.25, -0.2) is 0 Å². The molecule has 0 aliphatic heterocycles. The molecule has 0 bridgehead atoms. The normalized spacial score (nSPS) is 11.4. The van der Waals surface area contributed by atoms with Gasteiger partial charge < -0.3 is 5.32 Å². The Morgan fingerprint density at radius 3 is 2.93 bits per heavy atom. The summed E-state index contributed by atoms with van der Waals surface area (Å²) in [7, 11) is 1.98. The molecule has 1 heterocycles. The van der Waals surface area contributed by atoms with Crippen molar-refractivity contribution in [3.05, 3.63) is 29.6 Å². The molecule has 14 heavy (non-hydrogen) atoms. The molecule has 0 amide bonds. The Hall–Kier alpha value is -1.09. The van der Waals surface area contributed by atoms with E-state index in [1.807, 2.05) is 25.6 Å². The molecule has 0 atom stereocenters. The first-order valence-electron chi connectivity index (χ1n) is 5.05. The van der Waals surface area contributed by atoms with Gasteiger partial charge in [0.1, 0.15) is 0 Å². The molecule has 0 aromatic carbocycles. The van der Waals surface area contributed by atoms with Gasteiger partial charge in [0.05, 0.1) is 11.4 Å². The zero-order chi connectivity index (χ0) is 10.4.